The Balaban J connectivity index is 2.05. The van der Waals surface area contributed by atoms with E-state index in [0.29, 0.717) is 11.8 Å². The molecular weight excluding hydrogens is 208 g/mol. The number of fused-ring (bicyclic) bond motifs is 3. The standard InChI is InChI=1S/C16H22O/c1-11-8-9-14-13(10-11)12-6-4-5-7-15(12)17-16(14,2)3/h4-7,11,13-14H,8-10H2,1-3H3/t11?,13-,14+/m0/s1. The van der Waals surface area contributed by atoms with Gasteiger partial charge in [-0.2, -0.15) is 0 Å². The van der Waals surface area contributed by atoms with E-state index in [9.17, 15) is 0 Å². The van der Waals surface area contributed by atoms with E-state index in [1.54, 1.807) is 0 Å². The Labute approximate surface area is 104 Å². The van der Waals surface area contributed by atoms with Crippen molar-refractivity contribution < 1.29 is 4.74 Å². The van der Waals surface area contributed by atoms with E-state index in [2.05, 4.69) is 45.0 Å². The third kappa shape index (κ3) is 1.76. The van der Waals surface area contributed by atoms with Crippen LogP contribution in [0.3, 0.4) is 0 Å². The van der Waals surface area contributed by atoms with E-state index in [4.69, 9.17) is 4.74 Å². The fourth-order valence-corrected chi connectivity index (χ4v) is 3.80. The number of benzene rings is 1. The summed E-state index contributed by atoms with van der Waals surface area (Å²) < 4.78 is 6.22. The second-order valence-corrected chi connectivity index (χ2v) is 6.37. The van der Waals surface area contributed by atoms with E-state index < -0.39 is 0 Å². The van der Waals surface area contributed by atoms with Crippen molar-refractivity contribution in [1.82, 2.24) is 0 Å². The number of para-hydroxylation sites is 1. The summed E-state index contributed by atoms with van der Waals surface area (Å²) in [6, 6.07) is 8.63. The van der Waals surface area contributed by atoms with E-state index in [1.165, 1.54) is 24.8 Å². The first kappa shape index (κ1) is 11.1. The first-order valence-electron chi connectivity index (χ1n) is 6.86. The molecule has 92 valence electrons. The number of hydrogen-bond donors (Lipinski definition) is 0. The summed E-state index contributed by atoms with van der Waals surface area (Å²) in [6.07, 6.45) is 4.00. The molecule has 1 saturated carbocycles. The predicted octanol–water partition coefficient (Wildman–Crippen LogP) is 4.38. The topological polar surface area (TPSA) is 9.23 Å². The van der Waals surface area contributed by atoms with Crippen molar-refractivity contribution in [2.45, 2.75) is 51.6 Å². The van der Waals surface area contributed by atoms with Crippen molar-refractivity contribution in [3.05, 3.63) is 29.8 Å². The average molecular weight is 230 g/mol. The Morgan fingerprint density at radius 2 is 1.94 bits per heavy atom. The zero-order valence-corrected chi connectivity index (χ0v) is 11.1. The lowest BCUT2D eigenvalue weighted by Crippen LogP contribution is -2.46. The van der Waals surface area contributed by atoms with Crippen molar-refractivity contribution in [3.63, 3.8) is 0 Å². The van der Waals surface area contributed by atoms with Gasteiger partial charge in [0.25, 0.3) is 0 Å². The fourth-order valence-electron chi connectivity index (χ4n) is 3.80. The van der Waals surface area contributed by atoms with Crippen molar-refractivity contribution >= 4 is 0 Å². The molecule has 0 amide bonds. The smallest absolute Gasteiger partial charge is 0.123 e. The van der Waals surface area contributed by atoms with Gasteiger partial charge in [0, 0.05) is 5.92 Å². The van der Waals surface area contributed by atoms with E-state index in [-0.39, 0.29) is 5.60 Å². The lowest BCUT2D eigenvalue weighted by atomic mass is 9.64. The van der Waals surface area contributed by atoms with Crippen LogP contribution in [0.1, 0.15) is 51.5 Å². The molecule has 0 bridgehead atoms. The third-order valence-electron chi connectivity index (χ3n) is 4.70. The van der Waals surface area contributed by atoms with Crippen molar-refractivity contribution in [3.8, 4) is 5.75 Å². The lowest BCUT2D eigenvalue weighted by Gasteiger charge is -2.48. The molecule has 0 saturated heterocycles. The van der Waals surface area contributed by atoms with E-state index in [0.717, 1.165) is 11.7 Å². The minimum Gasteiger partial charge on any atom is -0.487 e. The van der Waals surface area contributed by atoms with Gasteiger partial charge in [-0.3, -0.25) is 0 Å². The molecule has 1 aliphatic heterocycles. The summed E-state index contributed by atoms with van der Waals surface area (Å²) >= 11 is 0. The minimum atomic E-state index is -0.000833. The van der Waals surface area contributed by atoms with E-state index >= 15 is 0 Å². The second kappa shape index (κ2) is 3.76. The minimum absolute atomic E-state index is 0.000833. The highest BCUT2D eigenvalue weighted by Crippen LogP contribution is 2.52. The Kier molecular flexibility index (Phi) is 2.46. The number of rotatable bonds is 0. The first-order valence-corrected chi connectivity index (χ1v) is 6.86. The molecular formula is C16H22O. The number of ether oxygens (including phenoxy) is 1. The Bertz CT molecular complexity index is 421. The third-order valence-corrected chi connectivity index (χ3v) is 4.70. The molecule has 0 aromatic heterocycles. The van der Waals surface area contributed by atoms with Crippen LogP contribution in [-0.2, 0) is 0 Å². The molecule has 1 heterocycles. The van der Waals surface area contributed by atoms with Crippen LogP contribution in [0.2, 0.25) is 0 Å². The number of hydrogen-bond acceptors (Lipinski definition) is 1. The maximum atomic E-state index is 6.22. The molecule has 1 aliphatic carbocycles. The summed E-state index contributed by atoms with van der Waals surface area (Å²) in [5.74, 6) is 3.37. The quantitative estimate of drug-likeness (QED) is 0.642. The molecule has 1 aromatic carbocycles. The molecule has 17 heavy (non-hydrogen) atoms. The van der Waals surface area contributed by atoms with E-state index in [1.807, 2.05) is 0 Å². The average Bonchev–Trinajstić information content (AvgIpc) is 2.28. The van der Waals surface area contributed by atoms with Gasteiger partial charge in [0.2, 0.25) is 0 Å². The summed E-state index contributed by atoms with van der Waals surface area (Å²) in [5.41, 5.74) is 1.45. The molecule has 2 aliphatic rings. The normalized spacial score (nSPS) is 34.4. The van der Waals surface area contributed by atoms with Crippen LogP contribution in [0.4, 0.5) is 0 Å². The molecule has 1 heteroatoms. The van der Waals surface area contributed by atoms with Crippen LogP contribution < -0.4 is 4.74 Å². The monoisotopic (exact) mass is 230 g/mol. The highest BCUT2D eigenvalue weighted by atomic mass is 16.5. The summed E-state index contributed by atoms with van der Waals surface area (Å²) in [7, 11) is 0. The summed E-state index contributed by atoms with van der Waals surface area (Å²) in [5, 5.41) is 0. The lowest BCUT2D eigenvalue weighted by molar-refractivity contribution is -0.0136. The zero-order valence-electron chi connectivity index (χ0n) is 11.1. The highest BCUT2D eigenvalue weighted by Gasteiger charge is 2.45. The van der Waals surface area contributed by atoms with Crippen molar-refractivity contribution in [1.29, 1.82) is 0 Å². The van der Waals surface area contributed by atoms with Gasteiger partial charge in [-0.15, -0.1) is 0 Å². The van der Waals surface area contributed by atoms with Gasteiger partial charge >= 0.3 is 0 Å². The van der Waals surface area contributed by atoms with Gasteiger partial charge in [0.05, 0.1) is 0 Å². The van der Waals surface area contributed by atoms with Gasteiger partial charge in [-0.05, 0) is 50.2 Å². The van der Waals surface area contributed by atoms with Crippen molar-refractivity contribution in [2.24, 2.45) is 11.8 Å². The molecule has 1 unspecified atom stereocenters. The maximum absolute atomic E-state index is 6.22. The molecule has 3 rings (SSSR count). The van der Waals surface area contributed by atoms with Crippen LogP contribution in [0.5, 0.6) is 5.75 Å². The summed E-state index contributed by atoms with van der Waals surface area (Å²) in [6.45, 7) is 6.91. The van der Waals surface area contributed by atoms with Crippen LogP contribution >= 0.6 is 0 Å². The highest BCUT2D eigenvalue weighted by molar-refractivity contribution is 5.40. The van der Waals surface area contributed by atoms with Gasteiger partial charge in [0.15, 0.2) is 0 Å². The summed E-state index contributed by atoms with van der Waals surface area (Å²) in [4.78, 5) is 0. The Morgan fingerprint density at radius 3 is 2.76 bits per heavy atom. The van der Waals surface area contributed by atoms with Gasteiger partial charge in [0.1, 0.15) is 11.4 Å². The first-order chi connectivity index (χ1) is 8.08. The second-order valence-electron chi connectivity index (χ2n) is 6.37. The molecule has 1 aromatic rings. The van der Waals surface area contributed by atoms with Crippen molar-refractivity contribution in [2.75, 3.05) is 0 Å². The SMILES string of the molecule is CC1CC[C@@H]2[C@@H](C1)c1ccccc1OC2(C)C. The molecule has 0 spiro atoms. The molecule has 0 radical (unpaired) electrons. The Morgan fingerprint density at radius 1 is 1.18 bits per heavy atom. The molecule has 1 nitrogen and oxygen atoms in total. The molecule has 1 fully saturated rings. The maximum Gasteiger partial charge on any atom is 0.123 e. The van der Waals surface area contributed by atoms with Crippen LogP contribution in [-0.4, -0.2) is 5.60 Å². The van der Waals surface area contributed by atoms with Gasteiger partial charge < -0.3 is 4.74 Å². The fraction of sp³-hybridized carbons (Fsp3) is 0.625. The molecule has 0 N–H and O–H groups in total. The Hall–Kier alpha value is -0.980. The largest absolute Gasteiger partial charge is 0.487 e. The zero-order chi connectivity index (χ0) is 12.0. The van der Waals surface area contributed by atoms with Crippen LogP contribution in [0.25, 0.3) is 0 Å². The predicted molar refractivity (Wildman–Crippen MR) is 70.4 cm³/mol. The van der Waals surface area contributed by atoms with Crippen LogP contribution in [0, 0.1) is 11.8 Å². The van der Waals surface area contributed by atoms with Gasteiger partial charge in [-0.1, -0.05) is 31.5 Å². The van der Waals surface area contributed by atoms with Gasteiger partial charge in [-0.25, -0.2) is 0 Å². The van der Waals surface area contributed by atoms with Crippen LogP contribution in [0.15, 0.2) is 24.3 Å². The molecule has 3 atom stereocenters.